The van der Waals surface area contributed by atoms with E-state index in [4.69, 9.17) is 0 Å². The summed E-state index contributed by atoms with van der Waals surface area (Å²) in [5.41, 5.74) is 0.672. The van der Waals surface area contributed by atoms with Gasteiger partial charge in [-0.3, -0.25) is 4.90 Å². The fourth-order valence-corrected chi connectivity index (χ4v) is 5.19. The van der Waals surface area contributed by atoms with Gasteiger partial charge in [-0.05, 0) is 42.2 Å². The lowest BCUT2D eigenvalue weighted by molar-refractivity contribution is -0.0526. The summed E-state index contributed by atoms with van der Waals surface area (Å²) in [5.74, 6) is 1.30. The van der Waals surface area contributed by atoms with Gasteiger partial charge in [0.2, 0.25) is 5.88 Å². The van der Waals surface area contributed by atoms with Crippen molar-refractivity contribution in [2.75, 3.05) is 13.1 Å². The molecule has 1 aliphatic heterocycles. The molecule has 0 spiro atoms. The Labute approximate surface area is 176 Å². The molecule has 2 aromatic rings. The molecule has 29 heavy (non-hydrogen) atoms. The predicted molar refractivity (Wildman–Crippen MR) is 113 cm³/mol. The van der Waals surface area contributed by atoms with Crippen molar-refractivity contribution in [3.05, 3.63) is 29.4 Å². The Morgan fingerprint density at radius 3 is 2.66 bits per heavy atom. The highest BCUT2D eigenvalue weighted by molar-refractivity contribution is 7.15. The predicted octanol–water partition coefficient (Wildman–Crippen LogP) is 6.09. The maximum absolute atomic E-state index is 12.7. The molecule has 0 aromatic carbocycles. The molecular formula is C22H31F2N3OS. The first-order valence-electron chi connectivity index (χ1n) is 10.3. The van der Waals surface area contributed by atoms with Crippen molar-refractivity contribution in [1.29, 1.82) is 0 Å². The van der Waals surface area contributed by atoms with Crippen LogP contribution in [-0.4, -0.2) is 34.6 Å². The zero-order valence-electron chi connectivity index (χ0n) is 17.7. The zero-order chi connectivity index (χ0) is 21.0. The number of aromatic nitrogens is 2. The Balaban J connectivity index is 1.74. The van der Waals surface area contributed by atoms with E-state index in [0.29, 0.717) is 17.0 Å². The summed E-state index contributed by atoms with van der Waals surface area (Å²) >= 11 is 1.58. The van der Waals surface area contributed by atoms with Gasteiger partial charge < -0.3 is 4.74 Å². The Morgan fingerprint density at radius 1 is 1.21 bits per heavy atom. The standard InChI is InChI=1S/C22H31F2N3OS/c1-5-6-15-11-16(22(2,3)4)13-27(12-15)14-17-7-8-18(29-17)19-20(28-21(23)24)26-10-9-25-19/h7-10,15-16,21H,5-6,11-14H2,1-4H3. The first kappa shape index (κ1) is 22.1. The van der Waals surface area contributed by atoms with Crippen LogP contribution in [0, 0.1) is 17.3 Å². The van der Waals surface area contributed by atoms with Crippen LogP contribution in [-0.2, 0) is 6.54 Å². The molecule has 4 nitrogen and oxygen atoms in total. The van der Waals surface area contributed by atoms with E-state index in [-0.39, 0.29) is 5.88 Å². The van der Waals surface area contributed by atoms with Gasteiger partial charge in [0.25, 0.3) is 0 Å². The molecule has 1 saturated heterocycles. The van der Waals surface area contributed by atoms with E-state index in [9.17, 15) is 8.78 Å². The van der Waals surface area contributed by atoms with Crippen LogP contribution in [0.5, 0.6) is 5.88 Å². The summed E-state index contributed by atoms with van der Waals surface area (Å²) in [5, 5.41) is 0. The van der Waals surface area contributed by atoms with Crippen molar-refractivity contribution >= 4 is 11.3 Å². The van der Waals surface area contributed by atoms with E-state index in [2.05, 4.69) is 53.4 Å². The molecule has 1 fully saturated rings. The van der Waals surface area contributed by atoms with Crippen LogP contribution in [0.2, 0.25) is 0 Å². The summed E-state index contributed by atoms with van der Waals surface area (Å²) in [7, 11) is 0. The Morgan fingerprint density at radius 2 is 1.97 bits per heavy atom. The SMILES string of the molecule is CCCC1CC(C(C)(C)C)CN(Cc2ccc(-c3nccnc3OC(F)F)s2)C1. The fourth-order valence-electron chi connectivity index (χ4n) is 4.15. The van der Waals surface area contributed by atoms with Gasteiger partial charge >= 0.3 is 6.61 Å². The number of piperidine rings is 1. The fraction of sp³-hybridized carbons (Fsp3) is 0.636. The van der Waals surface area contributed by atoms with Crippen LogP contribution in [0.25, 0.3) is 10.6 Å². The molecule has 0 saturated carbocycles. The van der Waals surface area contributed by atoms with Gasteiger partial charge in [-0.25, -0.2) is 9.97 Å². The largest absolute Gasteiger partial charge is 0.415 e. The topological polar surface area (TPSA) is 38.2 Å². The van der Waals surface area contributed by atoms with Crippen molar-refractivity contribution in [2.24, 2.45) is 17.3 Å². The number of alkyl halides is 2. The average molecular weight is 424 g/mol. The van der Waals surface area contributed by atoms with Gasteiger partial charge in [-0.1, -0.05) is 34.1 Å². The lowest BCUT2D eigenvalue weighted by Gasteiger charge is -2.43. The summed E-state index contributed by atoms with van der Waals surface area (Å²) in [6.07, 6.45) is 6.66. The second kappa shape index (κ2) is 9.47. The maximum atomic E-state index is 12.7. The molecule has 7 heteroatoms. The second-order valence-electron chi connectivity index (χ2n) is 9.00. The van der Waals surface area contributed by atoms with Crippen LogP contribution >= 0.6 is 11.3 Å². The van der Waals surface area contributed by atoms with Crippen molar-refractivity contribution in [1.82, 2.24) is 14.9 Å². The summed E-state index contributed by atoms with van der Waals surface area (Å²) in [6.45, 7) is 9.46. The van der Waals surface area contributed by atoms with Gasteiger partial charge in [0.15, 0.2) is 0 Å². The first-order valence-corrected chi connectivity index (χ1v) is 11.1. The number of rotatable bonds is 7. The van der Waals surface area contributed by atoms with Crippen molar-refractivity contribution in [2.45, 2.75) is 60.1 Å². The number of halogens is 2. The third kappa shape index (κ3) is 5.95. The summed E-state index contributed by atoms with van der Waals surface area (Å²) < 4.78 is 29.9. The van der Waals surface area contributed by atoms with Gasteiger partial charge in [0.05, 0.1) is 4.88 Å². The number of thiophene rings is 1. The highest BCUT2D eigenvalue weighted by Crippen LogP contribution is 2.38. The molecule has 0 amide bonds. The molecule has 0 radical (unpaired) electrons. The number of nitrogens with zero attached hydrogens (tertiary/aromatic N) is 3. The molecule has 1 aliphatic rings. The monoisotopic (exact) mass is 423 g/mol. The van der Waals surface area contributed by atoms with Crippen LogP contribution in [0.1, 0.15) is 51.8 Å². The molecule has 3 rings (SSSR count). The highest BCUT2D eigenvalue weighted by Gasteiger charge is 2.34. The minimum absolute atomic E-state index is 0.121. The third-order valence-electron chi connectivity index (χ3n) is 5.67. The van der Waals surface area contributed by atoms with Gasteiger partial charge in [-0.2, -0.15) is 8.78 Å². The molecule has 160 valence electrons. The number of likely N-dealkylation sites (tertiary alicyclic amines) is 1. The van der Waals surface area contributed by atoms with Crippen LogP contribution in [0.3, 0.4) is 0 Å². The lowest BCUT2D eigenvalue weighted by Crippen LogP contribution is -2.44. The number of hydrogen-bond acceptors (Lipinski definition) is 5. The van der Waals surface area contributed by atoms with Crippen molar-refractivity contribution < 1.29 is 13.5 Å². The Hall–Kier alpha value is -1.60. The maximum Gasteiger partial charge on any atom is 0.388 e. The van der Waals surface area contributed by atoms with E-state index < -0.39 is 6.61 Å². The van der Waals surface area contributed by atoms with Crippen LogP contribution < -0.4 is 4.74 Å². The molecule has 0 bridgehead atoms. The molecular weight excluding hydrogens is 392 g/mol. The van der Waals surface area contributed by atoms with E-state index >= 15 is 0 Å². The smallest absolute Gasteiger partial charge is 0.388 e. The van der Waals surface area contributed by atoms with Crippen LogP contribution in [0.15, 0.2) is 24.5 Å². The van der Waals surface area contributed by atoms with E-state index in [1.807, 2.05) is 6.07 Å². The minimum Gasteiger partial charge on any atom is -0.415 e. The van der Waals surface area contributed by atoms with Gasteiger partial charge in [0, 0.05) is 36.9 Å². The van der Waals surface area contributed by atoms with E-state index in [1.54, 1.807) is 11.3 Å². The Kier molecular flexibility index (Phi) is 7.22. The Bertz CT molecular complexity index is 790. The molecule has 0 aliphatic carbocycles. The average Bonchev–Trinajstić information content (AvgIpc) is 3.09. The highest BCUT2D eigenvalue weighted by atomic mass is 32.1. The number of hydrogen-bond donors (Lipinski definition) is 0. The molecule has 2 atom stereocenters. The summed E-state index contributed by atoms with van der Waals surface area (Å²) in [6, 6.07) is 3.99. The molecule has 0 N–H and O–H groups in total. The van der Waals surface area contributed by atoms with Crippen molar-refractivity contribution in [3.8, 4) is 16.5 Å². The molecule has 2 unspecified atom stereocenters. The lowest BCUT2D eigenvalue weighted by atomic mass is 9.72. The second-order valence-corrected chi connectivity index (χ2v) is 10.2. The molecule has 3 heterocycles. The zero-order valence-corrected chi connectivity index (χ0v) is 18.5. The van der Waals surface area contributed by atoms with E-state index in [1.165, 1.54) is 36.5 Å². The normalized spacial score (nSPS) is 20.9. The number of ether oxygens (including phenoxy) is 1. The van der Waals surface area contributed by atoms with Gasteiger partial charge in [0.1, 0.15) is 5.69 Å². The van der Waals surface area contributed by atoms with E-state index in [0.717, 1.165) is 30.4 Å². The van der Waals surface area contributed by atoms with Crippen molar-refractivity contribution in [3.63, 3.8) is 0 Å². The third-order valence-corrected chi connectivity index (χ3v) is 6.75. The minimum atomic E-state index is -2.91. The van der Waals surface area contributed by atoms with Crippen LogP contribution in [0.4, 0.5) is 8.78 Å². The first-order chi connectivity index (χ1) is 13.8. The quantitative estimate of drug-likeness (QED) is 0.540. The van der Waals surface area contributed by atoms with Gasteiger partial charge in [-0.15, -0.1) is 11.3 Å². The molecule has 2 aromatic heterocycles. The summed E-state index contributed by atoms with van der Waals surface area (Å²) in [4.78, 5) is 12.7.